The minimum atomic E-state index is -3.92. The molecule has 0 aromatic heterocycles. The molecule has 3 rings (SSSR count). The fourth-order valence-electron chi connectivity index (χ4n) is 4.18. The van der Waals surface area contributed by atoms with Gasteiger partial charge in [-0.25, -0.2) is 8.42 Å². The molecule has 0 aliphatic carbocycles. The summed E-state index contributed by atoms with van der Waals surface area (Å²) in [5.41, 5.74) is 1.91. The number of benzene rings is 3. The summed E-state index contributed by atoms with van der Waals surface area (Å²) in [6, 6.07) is 19.3. The van der Waals surface area contributed by atoms with Crippen molar-refractivity contribution in [3.63, 3.8) is 0 Å². The van der Waals surface area contributed by atoms with Gasteiger partial charge in [-0.3, -0.25) is 9.59 Å². The SMILES string of the molecule is CC[C@@H](C(=O)NC(C)C)N(Cc1cccc(C)c1)C(=O)CN(C)S(=O)(=O)c1ccc2ccccc2c1. The molecule has 0 radical (unpaired) electrons. The predicted molar refractivity (Wildman–Crippen MR) is 143 cm³/mol. The third-order valence-corrected chi connectivity index (χ3v) is 7.84. The van der Waals surface area contributed by atoms with E-state index in [9.17, 15) is 18.0 Å². The standard InChI is InChI=1S/C28H35N3O4S/c1-6-26(28(33)29-20(2)3)31(18-22-11-9-10-21(4)16-22)27(32)19-30(5)36(34,35)25-15-14-23-12-7-8-13-24(23)17-25/h7-17,20,26H,6,18-19H2,1-5H3,(H,29,33)/t26-/m0/s1. The number of carbonyl (C=O) groups excluding carboxylic acids is 2. The molecule has 192 valence electrons. The van der Waals surface area contributed by atoms with Crippen LogP contribution in [0.1, 0.15) is 38.3 Å². The molecule has 3 aromatic rings. The maximum absolute atomic E-state index is 13.6. The summed E-state index contributed by atoms with van der Waals surface area (Å²) in [5, 5.41) is 4.62. The molecule has 0 bridgehead atoms. The van der Waals surface area contributed by atoms with Gasteiger partial charge in [-0.15, -0.1) is 0 Å². The van der Waals surface area contributed by atoms with Crippen LogP contribution >= 0.6 is 0 Å². The number of sulfonamides is 1. The predicted octanol–water partition coefficient (Wildman–Crippen LogP) is 4.10. The van der Waals surface area contributed by atoms with E-state index >= 15 is 0 Å². The minimum absolute atomic E-state index is 0.0848. The van der Waals surface area contributed by atoms with Crippen LogP contribution in [-0.2, 0) is 26.2 Å². The van der Waals surface area contributed by atoms with Crippen LogP contribution in [0.15, 0.2) is 71.6 Å². The Hall–Kier alpha value is -3.23. The lowest BCUT2D eigenvalue weighted by Gasteiger charge is -2.32. The van der Waals surface area contributed by atoms with Crippen LogP contribution in [-0.4, -0.2) is 55.1 Å². The van der Waals surface area contributed by atoms with E-state index in [0.29, 0.717) is 6.42 Å². The van der Waals surface area contributed by atoms with Crippen molar-refractivity contribution in [2.45, 2.75) is 57.6 Å². The number of fused-ring (bicyclic) bond motifs is 1. The van der Waals surface area contributed by atoms with Gasteiger partial charge >= 0.3 is 0 Å². The zero-order chi connectivity index (χ0) is 26.5. The quantitative estimate of drug-likeness (QED) is 0.446. The summed E-state index contributed by atoms with van der Waals surface area (Å²) in [4.78, 5) is 28.1. The fraction of sp³-hybridized carbons (Fsp3) is 0.357. The average molecular weight is 510 g/mol. The highest BCUT2D eigenvalue weighted by Crippen LogP contribution is 2.22. The average Bonchev–Trinajstić information content (AvgIpc) is 2.83. The minimum Gasteiger partial charge on any atom is -0.352 e. The van der Waals surface area contributed by atoms with Gasteiger partial charge in [0.25, 0.3) is 0 Å². The van der Waals surface area contributed by atoms with Crippen LogP contribution in [0.2, 0.25) is 0 Å². The number of nitrogens with zero attached hydrogens (tertiary/aromatic N) is 2. The number of carbonyl (C=O) groups is 2. The third-order valence-electron chi connectivity index (χ3n) is 6.04. The monoisotopic (exact) mass is 509 g/mol. The van der Waals surface area contributed by atoms with Crippen molar-refractivity contribution in [2.24, 2.45) is 0 Å². The van der Waals surface area contributed by atoms with E-state index in [1.165, 1.54) is 11.9 Å². The van der Waals surface area contributed by atoms with Crippen molar-refractivity contribution < 1.29 is 18.0 Å². The van der Waals surface area contributed by atoms with Crippen molar-refractivity contribution in [3.8, 4) is 0 Å². The molecule has 0 aliphatic rings. The van der Waals surface area contributed by atoms with Crippen molar-refractivity contribution in [1.82, 2.24) is 14.5 Å². The summed E-state index contributed by atoms with van der Waals surface area (Å²) < 4.78 is 27.7. The molecule has 0 heterocycles. The molecular weight excluding hydrogens is 474 g/mol. The molecule has 36 heavy (non-hydrogen) atoms. The van der Waals surface area contributed by atoms with E-state index in [1.54, 1.807) is 18.2 Å². The lowest BCUT2D eigenvalue weighted by atomic mass is 10.1. The maximum Gasteiger partial charge on any atom is 0.243 e. The Morgan fingerprint density at radius 1 is 0.944 bits per heavy atom. The number of rotatable bonds is 10. The molecule has 7 nitrogen and oxygen atoms in total. The molecular formula is C28H35N3O4S. The van der Waals surface area contributed by atoms with Gasteiger partial charge in [0, 0.05) is 19.6 Å². The van der Waals surface area contributed by atoms with Crippen molar-refractivity contribution in [1.29, 1.82) is 0 Å². The van der Waals surface area contributed by atoms with Gasteiger partial charge in [0.2, 0.25) is 21.8 Å². The second-order valence-electron chi connectivity index (χ2n) is 9.37. The van der Waals surface area contributed by atoms with Crippen molar-refractivity contribution in [2.75, 3.05) is 13.6 Å². The molecule has 3 aromatic carbocycles. The first-order valence-electron chi connectivity index (χ1n) is 12.1. The maximum atomic E-state index is 13.6. The summed E-state index contributed by atoms with van der Waals surface area (Å²) >= 11 is 0. The summed E-state index contributed by atoms with van der Waals surface area (Å²) in [5.74, 6) is -0.692. The lowest BCUT2D eigenvalue weighted by molar-refractivity contribution is -0.141. The fourth-order valence-corrected chi connectivity index (χ4v) is 5.34. The smallest absolute Gasteiger partial charge is 0.243 e. The van der Waals surface area contributed by atoms with Crippen LogP contribution in [0, 0.1) is 6.92 Å². The molecule has 0 fully saturated rings. The first-order valence-corrected chi connectivity index (χ1v) is 13.6. The molecule has 0 saturated carbocycles. The van der Waals surface area contributed by atoms with Gasteiger partial charge in [-0.2, -0.15) is 4.31 Å². The topological polar surface area (TPSA) is 86.8 Å². The zero-order valence-corrected chi connectivity index (χ0v) is 22.4. The molecule has 8 heteroatoms. The van der Waals surface area contributed by atoms with E-state index in [1.807, 2.05) is 76.2 Å². The number of nitrogens with one attached hydrogen (secondary N) is 1. The van der Waals surface area contributed by atoms with Crippen LogP contribution in [0.3, 0.4) is 0 Å². The molecule has 0 spiro atoms. The number of amides is 2. The Bertz CT molecular complexity index is 1340. The van der Waals surface area contributed by atoms with E-state index in [4.69, 9.17) is 0 Å². The van der Waals surface area contributed by atoms with Crippen molar-refractivity contribution >= 4 is 32.6 Å². The molecule has 1 atom stereocenters. The van der Waals surface area contributed by atoms with E-state index in [-0.39, 0.29) is 29.9 Å². The third kappa shape index (κ3) is 6.50. The van der Waals surface area contributed by atoms with Crippen LogP contribution in [0.25, 0.3) is 10.8 Å². The summed E-state index contributed by atoms with van der Waals surface area (Å²) in [6.07, 6.45) is 0.400. The van der Waals surface area contributed by atoms with Gasteiger partial charge in [-0.1, -0.05) is 67.1 Å². The summed E-state index contributed by atoms with van der Waals surface area (Å²) in [7, 11) is -2.53. The number of hydrogen-bond donors (Lipinski definition) is 1. The Kier molecular flexibility index (Phi) is 8.87. The first-order chi connectivity index (χ1) is 17.0. The zero-order valence-electron chi connectivity index (χ0n) is 21.6. The highest BCUT2D eigenvalue weighted by atomic mass is 32.2. The lowest BCUT2D eigenvalue weighted by Crippen LogP contribution is -2.52. The van der Waals surface area contributed by atoms with Gasteiger partial charge in [0.15, 0.2) is 0 Å². The van der Waals surface area contributed by atoms with E-state index in [0.717, 1.165) is 26.2 Å². The van der Waals surface area contributed by atoms with Crippen LogP contribution in [0.4, 0.5) is 0 Å². The Balaban J connectivity index is 1.89. The Labute approximate surface area is 214 Å². The largest absolute Gasteiger partial charge is 0.352 e. The second kappa shape index (κ2) is 11.7. The van der Waals surface area contributed by atoms with Crippen molar-refractivity contribution in [3.05, 3.63) is 77.9 Å². The van der Waals surface area contributed by atoms with Gasteiger partial charge in [0.1, 0.15) is 6.04 Å². The van der Waals surface area contributed by atoms with Gasteiger partial charge in [-0.05, 0) is 55.7 Å². The molecule has 0 unspecified atom stereocenters. The molecule has 2 amide bonds. The summed E-state index contributed by atoms with van der Waals surface area (Å²) in [6.45, 7) is 7.35. The van der Waals surface area contributed by atoms with Crippen LogP contribution in [0.5, 0.6) is 0 Å². The Morgan fingerprint density at radius 2 is 1.64 bits per heavy atom. The Morgan fingerprint density at radius 3 is 2.28 bits per heavy atom. The highest BCUT2D eigenvalue weighted by Gasteiger charge is 2.32. The normalized spacial score (nSPS) is 12.6. The molecule has 0 aliphatic heterocycles. The van der Waals surface area contributed by atoms with E-state index < -0.39 is 22.0 Å². The van der Waals surface area contributed by atoms with E-state index in [2.05, 4.69) is 5.32 Å². The molecule has 0 saturated heterocycles. The van der Waals surface area contributed by atoms with Gasteiger partial charge in [0.05, 0.1) is 11.4 Å². The van der Waals surface area contributed by atoms with Gasteiger partial charge < -0.3 is 10.2 Å². The number of likely N-dealkylation sites (N-methyl/N-ethyl adjacent to an activating group) is 1. The number of hydrogen-bond acceptors (Lipinski definition) is 4. The first kappa shape index (κ1) is 27.4. The van der Waals surface area contributed by atoms with Crippen LogP contribution < -0.4 is 5.32 Å². The highest BCUT2D eigenvalue weighted by molar-refractivity contribution is 7.89. The second-order valence-corrected chi connectivity index (χ2v) is 11.4. The molecule has 1 N–H and O–H groups in total. The number of aryl methyl sites for hydroxylation is 1.